The number of carbonyl (C=O) groups is 1. The molecule has 0 radical (unpaired) electrons. The molecule has 1 aliphatic heterocycles. The Morgan fingerprint density at radius 1 is 1.23 bits per heavy atom. The predicted molar refractivity (Wildman–Crippen MR) is 124 cm³/mol. The molecule has 2 aromatic rings. The van der Waals surface area contributed by atoms with E-state index in [4.69, 9.17) is 0 Å². The van der Waals surface area contributed by atoms with Crippen molar-refractivity contribution in [3.05, 3.63) is 42.5 Å². The van der Waals surface area contributed by atoms with Gasteiger partial charge in [-0.05, 0) is 76.7 Å². The minimum absolute atomic E-state index is 0.318. The van der Waals surface area contributed by atoms with E-state index in [0.717, 1.165) is 50.2 Å². The highest BCUT2D eigenvalue weighted by molar-refractivity contribution is 5.48. The molecule has 0 unspecified atom stereocenters. The number of aromatic nitrogens is 3. The summed E-state index contributed by atoms with van der Waals surface area (Å²) >= 11 is 0. The summed E-state index contributed by atoms with van der Waals surface area (Å²) in [6.45, 7) is 10.1. The lowest BCUT2D eigenvalue weighted by atomic mass is 9.98. The van der Waals surface area contributed by atoms with Crippen molar-refractivity contribution < 1.29 is 9.53 Å². The molecule has 0 amide bonds. The van der Waals surface area contributed by atoms with Crippen molar-refractivity contribution in [3.8, 4) is 0 Å². The number of anilines is 2. The fraction of sp³-hybridized carbons (Fsp3) is 0.565. The van der Waals surface area contributed by atoms with Crippen LogP contribution in [-0.4, -0.2) is 60.3 Å². The van der Waals surface area contributed by atoms with E-state index in [1.54, 1.807) is 6.33 Å². The van der Waals surface area contributed by atoms with Crippen LogP contribution in [0.1, 0.15) is 39.2 Å². The van der Waals surface area contributed by atoms with Gasteiger partial charge in [-0.2, -0.15) is 0 Å². The van der Waals surface area contributed by atoms with Crippen molar-refractivity contribution in [1.82, 2.24) is 20.3 Å². The summed E-state index contributed by atoms with van der Waals surface area (Å²) in [5.41, 5.74) is 0.955. The summed E-state index contributed by atoms with van der Waals surface area (Å²) in [6.07, 6.45) is 8.73. The monoisotopic (exact) mass is 428 g/mol. The van der Waals surface area contributed by atoms with Gasteiger partial charge in [-0.1, -0.05) is 0 Å². The third kappa shape index (κ3) is 10.2. The van der Waals surface area contributed by atoms with Crippen LogP contribution in [0.15, 0.2) is 36.9 Å². The van der Waals surface area contributed by atoms with Crippen molar-refractivity contribution in [2.75, 3.05) is 43.4 Å². The normalized spacial score (nSPS) is 14.2. The van der Waals surface area contributed by atoms with Crippen molar-refractivity contribution in [1.29, 1.82) is 0 Å². The molecule has 2 N–H and O–H groups in total. The van der Waals surface area contributed by atoms with Gasteiger partial charge < -0.3 is 20.3 Å². The fourth-order valence-electron chi connectivity index (χ4n) is 3.23. The molecule has 31 heavy (non-hydrogen) atoms. The summed E-state index contributed by atoms with van der Waals surface area (Å²) < 4.78 is 4.55. The number of rotatable bonds is 8. The van der Waals surface area contributed by atoms with Crippen LogP contribution >= 0.6 is 0 Å². The Kier molecular flexibility index (Phi) is 10.2. The summed E-state index contributed by atoms with van der Waals surface area (Å²) in [4.78, 5) is 24.6. The fourth-order valence-corrected chi connectivity index (χ4v) is 3.23. The highest BCUT2D eigenvalue weighted by atomic mass is 16.5. The molecule has 0 aliphatic carbocycles. The van der Waals surface area contributed by atoms with Gasteiger partial charge in [0.25, 0.3) is 6.47 Å². The van der Waals surface area contributed by atoms with Crippen molar-refractivity contribution in [2.24, 2.45) is 5.92 Å². The molecule has 8 nitrogen and oxygen atoms in total. The van der Waals surface area contributed by atoms with E-state index in [-0.39, 0.29) is 5.60 Å². The van der Waals surface area contributed by atoms with Crippen LogP contribution in [0.2, 0.25) is 0 Å². The number of pyridine rings is 1. The Balaban J connectivity index is 0.000000423. The highest BCUT2D eigenvalue weighted by Crippen LogP contribution is 2.18. The van der Waals surface area contributed by atoms with Gasteiger partial charge in [0, 0.05) is 38.6 Å². The molecule has 0 aromatic carbocycles. The molecule has 8 heteroatoms. The molecule has 1 fully saturated rings. The van der Waals surface area contributed by atoms with Crippen LogP contribution in [0.25, 0.3) is 0 Å². The van der Waals surface area contributed by atoms with E-state index in [1.165, 1.54) is 18.4 Å². The first-order chi connectivity index (χ1) is 14.9. The second-order valence-corrected chi connectivity index (χ2v) is 8.69. The average molecular weight is 429 g/mol. The van der Waals surface area contributed by atoms with Crippen LogP contribution in [-0.2, 0) is 16.0 Å². The molecule has 170 valence electrons. The second-order valence-electron chi connectivity index (χ2n) is 8.69. The van der Waals surface area contributed by atoms with Gasteiger partial charge in [-0.3, -0.25) is 9.78 Å². The first-order valence-corrected chi connectivity index (χ1v) is 10.9. The number of hydrogen-bond acceptors (Lipinski definition) is 8. The van der Waals surface area contributed by atoms with Crippen LogP contribution in [0.5, 0.6) is 0 Å². The van der Waals surface area contributed by atoms with Crippen molar-refractivity contribution in [2.45, 2.75) is 45.6 Å². The van der Waals surface area contributed by atoms with Gasteiger partial charge in [0.05, 0.1) is 0 Å². The maximum absolute atomic E-state index is 9.60. The van der Waals surface area contributed by atoms with Crippen LogP contribution < -0.4 is 15.5 Å². The van der Waals surface area contributed by atoms with Crippen LogP contribution in [0.3, 0.4) is 0 Å². The predicted octanol–water partition coefficient (Wildman–Crippen LogP) is 2.92. The Hall–Kier alpha value is -2.74. The maximum Gasteiger partial charge on any atom is 0.293 e. The maximum atomic E-state index is 9.60. The first-order valence-electron chi connectivity index (χ1n) is 10.9. The van der Waals surface area contributed by atoms with Crippen LogP contribution in [0, 0.1) is 5.92 Å². The van der Waals surface area contributed by atoms with Gasteiger partial charge in [0.1, 0.15) is 23.6 Å². The lowest BCUT2D eigenvalue weighted by molar-refractivity contribution is -0.138. The van der Waals surface area contributed by atoms with E-state index in [9.17, 15) is 4.79 Å². The average Bonchev–Trinajstić information content (AvgIpc) is 2.75. The molecular formula is C23H36N6O2. The van der Waals surface area contributed by atoms with E-state index in [0.29, 0.717) is 6.47 Å². The number of ether oxygens (including phenoxy) is 1. The summed E-state index contributed by atoms with van der Waals surface area (Å²) in [5, 5.41) is 6.80. The van der Waals surface area contributed by atoms with E-state index < -0.39 is 0 Å². The largest absolute Gasteiger partial charge is 0.462 e. The third-order valence-electron chi connectivity index (χ3n) is 4.91. The molecule has 0 bridgehead atoms. The summed E-state index contributed by atoms with van der Waals surface area (Å²) in [5.74, 6) is 2.61. The topological polar surface area (TPSA) is 92.3 Å². The lowest BCUT2D eigenvalue weighted by Gasteiger charge is -2.28. The number of carbonyl (C=O) groups excluding carboxylic acids is 1. The van der Waals surface area contributed by atoms with Gasteiger partial charge in [0.15, 0.2) is 0 Å². The Morgan fingerprint density at radius 2 is 1.94 bits per heavy atom. The van der Waals surface area contributed by atoms with Crippen molar-refractivity contribution in [3.63, 3.8) is 0 Å². The molecule has 3 heterocycles. The smallest absolute Gasteiger partial charge is 0.293 e. The van der Waals surface area contributed by atoms with Crippen molar-refractivity contribution >= 4 is 18.1 Å². The van der Waals surface area contributed by atoms with Gasteiger partial charge in [-0.15, -0.1) is 0 Å². The Bertz CT molecular complexity index is 760. The zero-order valence-corrected chi connectivity index (χ0v) is 19.2. The number of piperidine rings is 1. The molecule has 1 saturated heterocycles. The molecule has 0 saturated carbocycles. The SMILES string of the molecule is CC(C)(C)OC=O.CN(CC1CCNCC1)c1cc(NCCc2ccncc2)ncn1. The Morgan fingerprint density at radius 3 is 2.55 bits per heavy atom. The van der Waals surface area contributed by atoms with E-state index >= 15 is 0 Å². The summed E-state index contributed by atoms with van der Waals surface area (Å²) in [6, 6.07) is 6.12. The molecule has 3 rings (SSSR count). The van der Waals surface area contributed by atoms with Gasteiger partial charge in [0.2, 0.25) is 0 Å². The molecule has 2 aromatic heterocycles. The quantitative estimate of drug-likeness (QED) is 0.620. The molecule has 1 aliphatic rings. The highest BCUT2D eigenvalue weighted by Gasteiger charge is 2.16. The van der Waals surface area contributed by atoms with E-state index in [2.05, 4.69) is 42.3 Å². The minimum Gasteiger partial charge on any atom is -0.462 e. The van der Waals surface area contributed by atoms with Gasteiger partial charge in [-0.25, -0.2) is 9.97 Å². The lowest BCUT2D eigenvalue weighted by Crippen LogP contribution is -2.34. The third-order valence-corrected chi connectivity index (χ3v) is 4.91. The molecule has 0 atom stereocenters. The summed E-state index contributed by atoms with van der Waals surface area (Å²) in [7, 11) is 2.12. The van der Waals surface area contributed by atoms with Crippen LogP contribution in [0.4, 0.5) is 11.6 Å². The zero-order valence-electron chi connectivity index (χ0n) is 19.2. The minimum atomic E-state index is -0.318. The number of nitrogens with one attached hydrogen (secondary N) is 2. The molecule has 0 spiro atoms. The standard InChI is InChI=1S/C18H26N6.C5H10O2/c1-24(13-16-4-9-20-10-5-16)18-12-17(22-14-23-18)21-11-6-15-2-7-19-8-3-15;1-5(2,3)7-4-6/h2-3,7-8,12,14,16,20H,4-6,9-11,13H2,1H3,(H,21,22,23);4H,1-3H3. The zero-order chi connectivity index (χ0) is 22.5. The number of nitrogens with zero attached hydrogens (tertiary/aromatic N) is 4. The first kappa shape index (κ1) is 24.5. The molecular weight excluding hydrogens is 392 g/mol. The van der Waals surface area contributed by atoms with Gasteiger partial charge >= 0.3 is 0 Å². The van der Waals surface area contributed by atoms with E-state index in [1.807, 2.05) is 51.4 Å². The Labute approximate surface area is 185 Å². The number of hydrogen-bond donors (Lipinski definition) is 2. The second kappa shape index (κ2) is 12.8.